The summed E-state index contributed by atoms with van der Waals surface area (Å²) in [5, 5.41) is 0.824. The van der Waals surface area contributed by atoms with E-state index in [1.807, 2.05) is 6.92 Å². The predicted molar refractivity (Wildman–Crippen MR) is 76.0 cm³/mol. The van der Waals surface area contributed by atoms with E-state index in [0.717, 1.165) is 12.8 Å². The first-order chi connectivity index (χ1) is 8.61. The second-order valence-electron chi connectivity index (χ2n) is 3.93. The topological polar surface area (TPSA) is 20.3 Å². The third kappa shape index (κ3) is 3.95. The number of rotatable bonds is 6. The third-order valence-electron chi connectivity index (χ3n) is 2.60. The van der Waals surface area contributed by atoms with Crippen molar-refractivity contribution in [3.05, 3.63) is 34.6 Å². The summed E-state index contributed by atoms with van der Waals surface area (Å²) in [7, 11) is 0. The second-order valence-corrected chi connectivity index (χ2v) is 5.13. The van der Waals surface area contributed by atoms with Gasteiger partial charge in [-0.3, -0.25) is 4.79 Å². The molecule has 0 saturated carbocycles. The van der Waals surface area contributed by atoms with Crippen LogP contribution in [0.3, 0.4) is 0 Å². The fraction of sp³-hybridized carbons (Fsp3) is 0.462. The number of carbonyl (C=O) groups excluding carboxylic acids is 1. The first-order valence-corrected chi connectivity index (χ1v) is 7.41. The van der Waals surface area contributed by atoms with Crippen molar-refractivity contribution in [1.29, 1.82) is 0 Å². The minimum Gasteiger partial charge on any atom is -0.338 e. The van der Waals surface area contributed by atoms with Crippen LogP contribution < -0.4 is 0 Å². The number of alkyl halides is 1. The largest absolute Gasteiger partial charge is 0.338 e. The third-order valence-corrected chi connectivity index (χ3v) is 3.27. The molecular weight excluding hydrogens is 321 g/mol. The molecule has 2 nitrogen and oxygen atoms in total. The maximum atomic E-state index is 13.7. The highest BCUT2D eigenvalue weighted by atomic mass is 79.9. The molecule has 0 heterocycles. The molecule has 0 atom stereocenters. The average Bonchev–Trinajstić information content (AvgIpc) is 2.34. The standard InChI is InChI=1S/C13H16BrClFNO/c1-2-3-8-17(9-7-14)13(18)12-10(15)5-4-6-11(12)16/h4-6H,2-3,7-9H2,1H3. The normalized spacial score (nSPS) is 10.4. The van der Waals surface area contributed by atoms with Crippen molar-refractivity contribution in [2.45, 2.75) is 19.8 Å². The zero-order valence-electron chi connectivity index (χ0n) is 10.3. The van der Waals surface area contributed by atoms with Gasteiger partial charge in [-0.2, -0.15) is 0 Å². The lowest BCUT2D eigenvalue weighted by Gasteiger charge is -2.22. The fourth-order valence-corrected chi connectivity index (χ4v) is 2.30. The highest BCUT2D eigenvalue weighted by molar-refractivity contribution is 9.09. The Morgan fingerprint density at radius 3 is 2.72 bits per heavy atom. The van der Waals surface area contributed by atoms with E-state index < -0.39 is 5.82 Å². The van der Waals surface area contributed by atoms with Crippen molar-refractivity contribution in [2.75, 3.05) is 18.4 Å². The lowest BCUT2D eigenvalue weighted by molar-refractivity contribution is 0.0760. The molecule has 0 aliphatic carbocycles. The van der Waals surface area contributed by atoms with Crippen molar-refractivity contribution in [1.82, 2.24) is 4.90 Å². The predicted octanol–water partition coefficient (Wildman–Crippen LogP) is 4.12. The summed E-state index contributed by atoms with van der Waals surface area (Å²) in [4.78, 5) is 13.9. The van der Waals surface area contributed by atoms with E-state index in [1.165, 1.54) is 18.2 Å². The molecule has 0 saturated heterocycles. The lowest BCUT2D eigenvalue weighted by atomic mass is 10.1. The zero-order chi connectivity index (χ0) is 13.5. The smallest absolute Gasteiger partial charge is 0.258 e. The highest BCUT2D eigenvalue weighted by Gasteiger charge is 2.21. The molecule has 0 unspecified atom stereocenters. The summed E-state index contributed by atoms with van der Waals surface area (Å²) in [5.41, 5.74) is -0.0313. The van der Waals surface area contributed by atoms with Crippen LogP contribution in [0.4, 0.5) is 4.39 Å². The van der Waals surface area contributed by atoms with E-state index in [-0.39, 0.29) is 16.5 Å². The van der Waals surface area contributed by atoms with Crippen LogP contribution in [0.1, 0.15) is 30.1 Å². The Morgan fingerprint density at radius 1 is 1.44 bits per heavy atom. The van der Waals surface area contributed by atoms with E-state index in [2.05, 4.69) is 15.9 Å². The summed E-state index contributed by atoms with van der Waals surface area (Å²) in [5.74, 6) is -0.908. The van der Waals surface area contributed by atoms with Gasteiger partial charge in [-0.1, -0.05) is 46.9 Å². The monoisotopic (exact) mass is 335 g/mol. The van der Waals surface area contributed by atoms with Crippen LogP contribution in [0, 0.1) is 5.82 Å². The average molecular weight is 337 g/mol. The molecular formula is C13H16BrClFNO. The number of halogens is 3. The molecule has 1 rings (SSSR count). The van der Waals surface area contributed by atoms with Crippen LogP contribution in [0.25, 0.3) is 0 Å². The molecule has 0 aliphatic rings. The van der Waals surface area contributed by atoms with Gasteiger partial charge in [0.2, 0.25) is 0 Å². The van der Waals surface area contributed by atoms with Crippen molar-refractivity contribution in [3.63, 3.8) is 0 Å². The molecule has 0 radical (unpaired) electrons. The molecule has 0 spiro atoms. The molecule has 0 aliphatic heterocycles. The van der Waals surface area contributed by atoms with Gasteiger partial charge in [0.25, 0.3) is 5.91 Å². The molecule has 100 valence electrons. The number of amides is 1. The first-order valence-electron chi connectivity index (χ1n) is 5.91. The van der Waals surface area contributed by atoms with E-state index in [1.54, 1.807) is 4.90 Å². The molecule has 18 heavy (non-hydrogen) atoms. The Balaban J connectivity index is 2.94. The lowest BCUT2D eigenvalue weighted by Crippen LogP contribution is -2.34. The molecule has 0 aromatic heterocycles. The van der Waals surface area contributed by atoms with Crippen LogP contribution in [-0.2, 0) is 0 Å². The summed E-state index contributed by atoms with van der Waals surface area (Å²) in [6.45, 7) is 3.21. The second kappa shape index (κ2) is 7.74. The van der Waals surface area contributed by atoms with Crippen LogP contribution >= 0.6 is 27.5 Å². The summed E-state index contributed by atoms with van der Waals surface area (Å²) < 4.78 is 13.7. The molecule has 1 aromatic rings. The van der Waals surface area contributed by atoms with E-state index >= 15 is 0 Å². The van der Waals surface area contributed by atoms with E-state index in [0.29, 0.717) is 18.4 Å². The maximum Gasteiger partial charge on any atom is 0.258 e. The first kappa shape index (κ1) is 15.4. The number of carbonyl (C=O) groups is 1. The Kier molecular flexibility index (Phi) is 6.65. The quantitative estimate of drug-likeness (QED) is 0.716. The van der Waals surface area contributed by atoms with Gasteiger partial charge in [0.05, 0.1) is 10.6 Å². The van der Waals surface area contributed by atoms with Crippen LogP contribution in [0.5, 0.6) is 0 Å². The van der Waals surface area contributed by atoms with Gasteiger partial charge in [-0.25, -0.2) is 4.39 Å². The molecule has 1 amide bonds. The van der Waals surface area contributed by atoms with Crippen molar-refractivity contribution >= 4 is 33.4 Å². The van der Waals surface area contributed by atoms with Gasteiger partial charge >= 0.3 is 0 Å². The van der Waals surface area contributed by atoms with Gasteiger partial charge in [0, 0.05) is 18.4 Å². The summed E-state index contributed by atoms with van der Waals surface area (Å²) in [6, 6.07) is 4.28. The van der Waals surface area contributed by atoms with Crippen molar-refractivity contribution in [2.24, 2.45) is 0 Å². The Hall–Kier alpha value is -0.610. The fourth-order valence-electron chi connectivity index (χ4n) is 1.63. The minimum atomic E-state index is -0.566. The summed E-state index contributed by atoms with van der Waals surface area (Å²) >= 11 is 9.20. The zero-order valence-corrected chi connectivity index (χ0v) is 12.6. The van der Waals surface area contributed by atoms with Crippen molar-refractivity contribution < 1.29 is 9.18 Å². The molecule has 0 fully saturated rings. The molecule has 0 N–H and O–H groups in total. The Morgan fingerprint density at radius 2 is 2.17 bits per heavy atom. The van der Waals surface area contributed by atoms with Crippen LogP contribution in [0.2, 0.25) is 5.02 Å². The summed E-state index contributed by atoms with van der Waals surface area (Å²) in [6.07, 6.45) is 1.88. The molecule has 5 heteroatoms. The SMILES string of the molecule is CCCCN(CCBr)C(=O)c1c(F)cccc1Cl. The van der Waals surface area contributed by atoms with Crippen LogP contribution in [0.15, 0.2) is 18.2 Å². The van der Waals surface area contributed by atoms with Gasteiger partial charge in [-0.15, -0.1) is 0 Å². The van der Waals surface area contributed by atoms with Gasteiger partial charge in [0.15, 0.2) is 0 Å². The van der Waals surface area contributed by atoms with Gasteiger partial charge in [-0.05, 0) is 18.6 Å². The number of benzene rings is 1. The highest BCUT2D eigenvalue weighted by Crippen LogP contribution is 2.21. The molecule has 1 aromatic carbocycles. The Labute approximate surface area is 120 Å². The maximum absolute atomic E-state index is 13.7. The van der Waals surface area contributed by atoms with E-state index in [9.17, 15) is 9.18 Å². The van der Waals surface area contributed by atoms with E-state index in [4.69, 9.17) is 11.6 Å². The Bertz CT molecular complexity index is 394. The van der Waals surface area contributed by atoms with Crippen molar-refractivity contribution in [3.8, 4) is 0 Å². The number of unbranched alkanes of at least 4 members (excludes halogenated alkanes) is 1. The van der Waals surface area contributed by atoms with Gasteiger partial charge in [0.1, 0.15) is 5.82 Å². The molecule has 0 bridgehead atoms. The number of hydrogen-bond donors (Lipinski definition) is 0. The van der Waals surface area contributed by atoms with Crippen LogP contribution in [-0.4, -0.2) is 29.2 Å². The number of nitrogens with zero attached hydrogens (tertiary/aromatic N) is 1. The van der Waals surface area contributed by atoms with Gasteiger partial charge < -0.3 is 4.90 Å². The number of hydrogen-bond acceptors (Lipinski definition) is 1. The minimum absolute atomic E-state index is 0.0313.